The molecule has 1 atom stereocenters. The predicted molar refractivity (Wildman–Crippen MR) is 95.5 cm³/mol. The zero-order valence-electron chi connectivity index (χ0n) is 13.8. The number of nitrogens with zero attached hydrogens (tertiary/aromatic N) is 1. The van der Waals surface area contributed by atoms with Crippen molar-refractivity contribution >= 4 is 29.0 Å². The van der Waals surface area contributed by atoms with Crippen LogP contribution in [0.25, 0.3) is 0 Å². The Morgan fingerprint density at radius 2 is 1.92 bits per heavy atom. The normalized spacial score (nSPS) is 16.7. The lowest BCUT2D eigenvalue weighted by molar-refractivity contribution is -0.914. The summed E-state index contributed by atoms with van der Waals surface area (Å²) >= 11 is 5.87. The van der Waals surface area contributed by atoms with E-state index in [4.69, 9.17) is 11.6 Å². The third-order valence-corrected chi connectivity index (χ3v) is 4.81. The Balaban J connectivity index is 1.53. The highest BCUT2D eigenvalue weighted by molar-refractivity contribution is 6.30. The number of quaternary nitrogens is 1. The number of H-pyrrole nitrogens is 1. The van der Waals surface area contributed by atoms with Crippen LogP contribution in [0.1, 0.15) is 6.92 Å². The van der Waals surface area contributed by atoms with Gasteiger partial charge in [0, 0.05) is 16.8 Å². The number of carbonyl (C=O) groups is 1. The summed E-state index contributed by atoms with van der Waals surface area (Å²) in [4.78, 5) is 19.4. The third-order valence-electron chi connectivity index (χ3n) is 4.56. The molecule has 1 aliphatic rings. The standard InChI is InChI=1S/C18H21ClN4O/c1-14(18(24)21-16-7-5-15(19)6-8-16)22-10-12-23(13-11-22)17-4-2-3-9-20-17/h2-9,14H,10-13H2,1H3,(H,21,24)/p+2/t14-/m1/s1. The number of halogens is 1. The second kappa shape index (κ2) is 7.64. The molecule has 1 aliphatic heterocycles. The van der Waals surface area contributed by atoms with E-state index >= 15 is 0 Å². The van der Waals surface area contributed by atoms with Crippen molar-refractivity contribution in [1.29, 1.82) is 0 Å². The number of piperazine rings is 1. The molecule has 24 heavy (non-hydrogen) atoms. The average Bonchev–Trinajstić information content (AvgIpc) is 2.64. The smallest absolute Gasteiger partial charge is 0.282 e. The maximum absolute atomic E-state index is 12.5. The van der Waals surface area contributed by atoms with Gasteiger partial charge in [-0.25, -0.2) is 4.98 Å². The van der Waals surface area contributed by atoms with Crippen molar-refractivity contribution in [1.82, 2.24) is 0 Å². The van der Waals surface area contributed by atoms with Gasteiger partial charge in [-0.05, 0) is 37.3 Å². The van der Waals surface area contributed by atoms with Crippen LogP contribution in [-0.2, 0) is 4.79 Å². The molecule has 5 nitrogen and oxygen atoms in total. The van der Waals surface area contributed by atoms with Gasteiger partial charge >= 0.3 is 0 Å². The van der Waals surface area contributed by atoms with Crippen LogP contribution >= 0.6 is 11.6 Å². The van der Waals surface area contributed by atoms with Gasteiger partial charge in [-0.1, -0.05) is 17.7 Å². The van der Waals surface area contributed by atoms with E-state index in [1.54, 1.807) is 12.1 Å². The second-order valence-corrected chi connectivity index (χ2v) is 6.55. The Bertz CT molecular complexity index is 669. The number of amides is 1. The van der Waals surface area contributed by atoms with Crippen LogP contribution in [-0.4, -0.2) is 38.1 Å². The number of benzene rings is 1. The molecule has 3 rings (SSSR count). The first-order valence-corrected chi connectivity index (χ1v) is 8.64. The SMILES string of the molecule is C[C@H](C(=O)Nc1ccc(Cl)cc1)[NH+]1CCN(c2cccc[nH+]2)CC1. The Hall–Kier alpha value is -2.11. The minimum Gasteiger partial charge on any atom is -0.321 e. The van der Waals surface area contributed by atoms with Gasteiger partial charge < -0.3 is 10.2 Å². The highest BCUT2D eigenvalue weighted by Crippen LogP contribution is 2.13. The van der Waals surface area contributed by atoms with E-state index in [0.29, 0.717) is 5.02 Å². The molecule has 2 heterocycles. The van der Waals surface area contributed by atoms with E-state index in [9.17, 15) is 4.79 Å². The van der Waals surface area contributed by atoms with Gasteiger partial charge in [0.25, 0.3) is 11.7 Å². The Kier molecular flexibility index (Phi) is 5.33. The van der Waals surface area contributed by atoms with Crippen molar-refractivity contribution in [2.45, 2.75) is 13.0 Å². The van der Waals surface area contributed by atoms with E-state index in [-0.39, 0.29) is 11.9 Å². The number of aromatic nitrogens is 1. The highest BCUT2D eigenvalue weighted by atomic mass is 35.5. The molecule has 2 aromatic rings. The summed E-state index contributed by atoms with van der Waals surface area (Å²) in [7, 11) is 0. The lowest BCUT2D eigenvalue weighted by atomic mass is 10.2. The van der Waals surface area contributed by atoms with Crippen LogP contribution in [0.4, 0.5) is 11.5 Å². The molecule has 3 N–H and O–H groups in total. The minimum atomic E-state index is -0.0809. The molecular weight excluding hydrogens is 324 g/mol. The van der Waals surface area contributed by atoms with Gasteiger partial charge in [-0.3, -0.25) is 9.69 Å². The third kappa shape index (κ3) is 4.04. The Morgan fingerprint density at radius 3 is 2.54 bits per heavy atom. The summed E-state index contributed by atoms with van der Waals surface area (Å²) in [6.45, 7) is 5.75. The largest absolute Gasteiger partial charge is 0.321 e. The van der Waals surface area contributed by atoms with Crippen LogP contribution in [0, 0.1) is 0 Å². The Morgan fingerprint density at radius 1 is 1.21 bits per heavy atom. The van der Waals surface area contributed by atoms with E-state index < -0.39 is 0 Å². The lowest BCUT2D eigenvalue weighted by Crippen LogP contribution is -3.19. The molecule has 6 heteroatoms. The van der Waals surface area contributed by atoms with Crippen LogP contribution in [0.3, 0.4) is 0 Å². The van der Waals surface area contributed by atoms with Gasteiger partial charge in [-0.2, -0.15) is 0 Å². The topological polar surface area (TPSA) is 50.9 Å². The average molecular weight is 347 g/mol. The molecule has 1 amide bonds. The predicted octanol–water partition coefficient (Wildman–Crippen LogP) is 0.886. The molecule has 0 aliphatic carbocycles. The maximum Gasteiger partial charge on any atom is 0.282 e. The molecule has 0 radical (unpaired) electrons. The number of nitrogens with one attached hydrogen (secondary N) is 3. The summed E-state index contributed by atoms with van der Waals surface area (Å²) < 4.78 is 0. The van der Waals surface area contributed by atoms with E-state index in [1.807, 2.05) is 37.4 Å². The molecule has 0 unspecified atom stereocenters. The van der Waals surface area contributed by atoms with E-state index in [2.05, 4.69) is 21.3 Å². The number of anilines is 2. The fourth-order valence-electron chi connectivity index (χ4n) is 3.02. The van der Waals surface area contributed by atoms with Gasteiger partial charge in [-0.15, -0.1) is 0 Å². The van der Waals surface area contributed by atoms with Crippen LogP contribution < -0.4 is 20.1 Å². The van der Waals surface area contributed by atoms with Gasteiger partial charge in [0.2, 0.25) is 0 Å². The minimum absolute atomic E-state index is 0.0482. The van der Waals surface area contributed by atoms with E-state index in [1.165, 1.54) is 4.90 Å². The molecule has 126 valence electrons. The molecule has 1 aromatic carbocycles. The number of hydrogen-bond donors (Lipinski definition) is 2. The fraction of sp³-hybridized carbons (Fsp3) is 0.333. The van der Waals surface area contributed by atoms with Crippen LogP contribution in [0.2, 0.25) is 5.02 Å². The zero-order valence-corrected chi connectivity index (χ0v) is 14.5. The van der Waals surface area contributed by atoms with Gasteiger partial charge in [0.05, 0.1) is 6.20 Å². The number of carbonyl (C=O) groups excluding carboxylic acids is 1. The molecule has 1 saturated heterocycles. The first-order valence-electron chi connectivity index (χ1n) is 8.26. The van der Waals surface area contributed by atoms with Crippen molar-refractivity contribution < 1.29 is 14.7 Å². The maximum atomic E-state index is 12.5. The highest BCUT2D eigenvalue weighted by Gasteiger charge is 2.32. The summed E-state index contributed by atoms with van der Waals surface area (Å²) in [5, 5.41) is 3.64. The van der Waals surface area contributed by atoms with Crippen LogP contribution in [0.5, 0.6) is 0 Å². The van der Waals surface area contributed by atoms with Crippen LogP contribution in [0.15, 0.2) is 48.7 Å². The number of aromatic amines is 1. The molecule has 0 bridgehead atoms. The first kappa shape index (κ1) is 16.7. The number of pyridine rings is 1. The fourth-order valence-corrected chi connectivity index (χ4v) is 3.14. The molecular formula is C18H23ClN4O+2. The monoisotopic (exact) mass is 346 g/mol. The summed E-state index contributed by atoms with van der Waals surface area (Å²) in [6, 6.07) is 13.2. The Labute approximate surface area is 147 Å². The van der Waals surface area contributed by atoms with Gasteiger partial charge in [0.15, 0.2) is 6.04 Å². The van der Waals surface area contributed by atoms with E-state index in [0.717, 1.165) is 37.7 Å². The van der Waals surface area contributed by atoms with Crippen molar-refractivity contribution in [2.24, 2.45) is 0 Å². The number of hydrogen-bond acceptors (Lipinski definition) is 2. The van der Waals surface area contributed by atoms with Crippen molar-refractivity contribution in [3.8, 4) is 0 Å². The molecule has 1 fully saturated rings. The summed E-state index contributed by atoms with van der Waals surface area (Å²) in [6.07, 6.45) is 1.94. The second-order valence-electron chi connectivity index (χ2n) is 6.11. The van der Waals surface area contributed by atoms with Crippen molar-refractivity contribution in [3.05, 3.63) is 53.7 Å². The zero-order chi connectivity index (χ0) is 16.9. The summed E-state index contributed by atoms with van der Waals surface area (Å²) in [5.41, 5.74) is 0.785. The van der Waals surface area contributed by atoms with Crippen molar-refractivity contribution in [2.75, 3.05) is 36.4 Å². The molecule has 0 spiro atoms. The van der Waals surface area contributed by atoms with Crippen molar-refractivity contribution in [3.63, 3.8) is 0 Å². The summed E-state index contributed by atoms with van der Waals surface area (Å²) in [5.74, 6) is 1.18. The first-order chi connectivity index (χ1) is 11.6. The molecule has 0 saturated carbocycles. The quantitative estimate of drug-likeness (QED) is 0.863. The van der Waals surface area contributed by atoms with Gasteiger partial charge in [0.1, 0.15) is 26.2 Å². The lowest BCUT2D eigenvalue weighted by Gasteiger charge is -2.31. The number of rotatable bonds is 4. The molecule has 1 aromatic heterocycles.